The van der Waals surface area contributed by atoms with Crippen molar-refractivity contribution in [1.82, 2.24) is 0 Å². The summed E-state index contributed by atoms with van der Waals surface area (Å²) in [5.41, 5.74) is -1.26. The maximum atomic E-state index is 14.5. The van der Waals surface area contributed by atoms with Crippen molar-refractivity contribution in [3.63, 3.8) is 0 Å². The van der Waals surface area contributed by atoms with Crippen LogP contribution in [0.15, 0.2) is 34.7 Å². The van der Waals surface area contributed by atoms with Gasteiger partial charge >= 0.3 is 23.9 Å². The monoisotopic (exact) mass is 570 g/mol. The molecule has 9 atom stereocenters. The van der Waals surface area contributed by atoms with Gasteiger partial charge in [0.2, 0.25) is 0 Å². The van der Waals surface area contributed by atoms with E-state index in [1.165, 1.54) is 27.2 Å². The van der Waals surface area contributed by atoms with Crippen molar-refractivity contribution in [3.8, 4) is 0 Å². The van der Waals surface area contributed by atoms with Crippen molar-refractivity contribution in [2.24, 2.45) is 39.9 Å². The summed E-state index contributed by atoms with van der Waals surface area (Å²) in [4.78, 5) is 65.2. The molecule has 0 spiro atoms. The fraction of sp³-hybridized carbons (Fsp3) is 0.645. The summed E-state index contributed by atoms with van der Waals surface area (Å²) in [5.74, 6) is -4.54. The molecule has 0 aromatic carbocycles. The Morgan fingerprint density at radius 1 is 1.05 bits per heavy atom. The number of Topliss-reactive ketones (excluding diaryl/α,β-unsaturated/α-hetero) is 1. The molecule has 1 aromatic rings. The average Bonchev–Trinajstić information content (AvgIpc) is 3.41. The molecule has 1 aliphatic heterocycles. The average molecular weight is 571 g/mol. The van der Waals surface area contributed by atoms with Gasteiger partial charge in [-0.2, -0.15) is 0 Å². The first-order valence-corrected chi connectivity index (χ1v) is 14.0. The Balaban J connectivity index is 1.75. The Bertz CT molecular complexity index is 1310. The van der Waals surface area contributed by atoms with Crippen LogP contribution in [0.25, 0.3) is 0 Å². The zero-order chi connectivity index (χ0) is 30.1. The lowest BCUT2D eigenvalue weighted by Crippen LogP contribution is -2.69. The van der Waals surface area contributed by atoms with E-state index in [-0.39, 0.29) is 30.5 Å². The van der Waals surface area contributed by atoms with Crippen LogP contribution in [0.5, 0.6) is 0 Å². The van der Waals surface area contributed by atoms with Gasteiger partial charge in [-0.25, -0.2) is 0 Å². The highest BCUT2D eigenvalue weighted by molar-refractivity contribution is 5.94. The molecule has 2 saturated carbocycles. The molecule has 1 saturated heterocycles. The first-order valence-electron chi connectivity index (χ1n) is 14.0. The highest BCUT2D eigenvalue weighted by Crippen LogP contribution is 2.68. The van der Waals surface area contributed by atoms with Crippen molar-refractivity contribution in [3.05, 3.63) is 35.8 Å². The molecule has 10 nitrogen and oxygen atoms in total. The maximum absolute atomic E-state index is 14.5. The molecule has 5 rings (SSSR count). The van der Waals surface area contributed by atoms with Gasteiger partial charge < -0.3 is 23.4 Å². The molecule has 1 aromatic heterocycles. The van der Waals surface area contributed by atoms with Gasteiger partial charge in [0.05, 0.1) is 32.0 Å². The lowest BCUT2D eigenvalue weighted by molar-refractivity contribution is -0.211. The lowest BCUT2D eigenvalue weighted by atomic mass is 9.40. The summed E-state index contributed by atoms with van der Waals surface area (Å²) in [6.45, 7) is 10.2. The van der Waals surface area contributed by atoms with Crippen molar-refractivity contribution in [2.75, 3.05) is 7.11 Å². The largest absolute Gasteiger partial charge is 0.472 e. The van der Waals surface area contributed by atoms with E-state index < -0.39 is 70.2 Å². The minimum Gasteiger partial charge on any atom is -0.472 e. The van der Waals surface area contributed by atoms with E-state index in [2.05, 4.69) is 0 Å². The Kier molecular flexibility index (Phi) is 6.98. The van der Waals surface area contributed by atoms with Gasteiger partial charge in [0.25, 0.3) is 0 Å². The molecule has 3 fully saturated rings. The predicted molar refractivity (Wildman–Crippen MR) is 142 cm³/mol. The molecule has 2 heterocycles. The predicted octanol–water partition coefficient (Wildman–Crippen LogP) is 4.12. The number of furan rings is 1. The van der Waals surface area contributed by atoms with E-state index in [0.29, 0.717) is 12.0 Å². The number of rotatable bonds is 5. The summed E-state index contributed by atoms with van der Waals surface area (Å²) in [6, 6.07) is 1.75. The molecule has 41 heavy (non-hydrogen) atoms. The molecule has 0 radical (unpaired) electrons. The minimum absolute atomic E-state index is 0.0697. The van der Waals surface area contributed by atoms with Crippen LogP contribution < -0.4 is 0 Å². The van der Waals surface area contributed by atoms with Crippen molar-refractivity contribution < 1.29 is 47.3 Å². The van der Waals surface area contributed by atoms with Gasteiger partial charge in [0.15, 0.2) is 0 Å². The number of cyclic esters (lactones) is 1. The van der Waals surface area contributed by atoms with E-state index in [1.807, 2.05) is 33.8 Å². The van der Waals surface area contributed by atoms with Crippen LogP contribution in [-0.4, -0.2) is 49.0 Å². The van der Waals surface area contributed by atoms with E-state index in [1.54, 1.807) is 12.3 Å². The minimum atomic E-state index is -1.20. The van der Waals surface area contributed by atoms with Crippen LogP contribution in [0.3, 0.4) is 0 Å². The van der Waals surface area contributed by atoms with Crippen molar-refractivity contribution in [2.45, 2.75) is 79.1 Å². The SMILES string of the molecule is COC(=O)C[C@H]1C(C)(C)[C@H](OC(C)=O)[C@@H]2C=C3[C@H]([C@H](OC(C)=O)C[C@]4(C)[C@H]3CC(=O)O[C@H]4c3ccoc3)[C@@]1(C)C2=O. The molecule has 10 heteroatoms. The number of carbonyl (C=O) groups is 5. The second-order valence-corrected chi connectivity index (χ2v) is 13.0. The first kappa shape index (κ1) is 29.1. The number of ether oxygens (including phenoxy) is 4. The van der Waals surface area contributed by atoms with Crippen molar-refractivity contribution in [1.29, 1.82) is 0 Å². The van der Waals surface area contributed by atoms with Gasteiger partial charge in [-0.3, -0.25) is 24.0 Å². The summed E-state index contributed by atoms with van der Waals surface area (Å²) < 4.78 is 28.1. The number of esters is 4. The van der Waals surface area contributed by atoms with Crippen LogP contribution >= 0.6 is 0 Å². The Labute approximate surface area is 239 Å². The molecule has 222 valence electrons. The summed E-state index contributed by atoms with van der Waals surface area (Å²) in [5, 5.41) is 0. The summed E-state index contributed by atoms with van der Waals surface area (Å²) in [7, 11) is 1.29. The Morgan fingerprint density at radius 3 is 2.32 bits per heavy atom. The zero-order valence-corrected chi connectivity index (χ0v) is 24.6. The number of fused-ring (bicyclic) bond motifs is 6. The van der Waals surface area contributed by atoms with E-state index >= 15 is 0 Å². The van der Waals surface area contributed by atoms with Gasteiger partial charge in [-0.1, -0.05) is 39.3 Å². The van der Waals surface area contributed by atoms with Gasteiger partial charge in [-0.05, 0) is 18.4 Å². The van der Waals surface area contributed by atoms with E-state index in [0.717, 1.165) is 5.57 Å². The summed E-state index contributed by atoms with van der Waals surface area (Å²) in [6.07, 6.45) is 2.90. The number of methoxy groups -OCH3 is 1. The number of ketones is 1. The van der Waals surface area contributed by atoms with E-state index in [9.17, 15) is 24.0 Å². The third-order valence-corrected chi connectivity index (χ3v) is 10.4. The quantitative estimate of drug-likeness (QED) is 0.289. The smallest absolute Gasteiger partial charge is 0.307 e. The van der Waals surface area contributed by atoms with Crippen LogP contribution in [0.4, 0.5) is 0 Å². The van der Waals surface area contributed by atoms with Gasteiger partial charge in [0, 0.05) is 53.9 Å². The second-order valence-electron chi connectivity index (χ2n) is 13.0. The zero-order valence-electron chi connectivity index (χ0n) is 24.6. The Hall–Kier alpha value is -3.43. The van der Waals surface area contributed by atoms with Crippen LogP contribution in [0.2, 0.25) is 0 Å². The fourth-order valence-corrected chi connectivity index (χ4v) is 8.75. The molecule has 2 bridgehead atoms. The number of carbonyl (C=O) groups excluding carboxylic acids is 5. The molecular formula is C31H38O10. The third kappa shape index (κ3) is 4.32. The highest BCUT2D eigenvalue weighted by Gasteiger charge is 2.71. The number of hydrogen-bond donors (Lipinski definition) is 0. The first-order chi connectivity index (χ1) is 19.2. The van der Waals surface area contributed by atoms with Crippen LogP contribution in [0, 0.1) is 39.9 Å². The van der Waals surface area contributed by atoms with Crippen LogP contribution in [0.1, 0.15) is 72.5 Å². The fourth-order valence-electron chi connectivity index (χ4n) is 8.75. The van der Waals surface area contributed by atoms with E-state index in [4.69, 9.17) is 23.4 Å². The van der Waals surface area contributed by atoms with Gasteiger partial charge in [0.1, 0.15) is 24.1 Å². The molecule has 0 unspecified atom stereocenters. The second kappa shape index (κ2) is 9.84. The lowest BCUT2D eigenvalue weighted by Gasteiger charge is -2.65. The Morgan fingerprint density at radius 2 is 1.73 bits per heavy atom. The normalized spacial score (nSPS) is 38.9. The number of hydrogen-bond acceptors (Lipinski definition) is 10. The third-order valence-electron chi connectivity index (χ3n) is 10.4. The summed E-state index contributed by atoms with van der Waals surface area (Å²) >= 11 is 0. The molecule has 3 aliphatic carbocycles. The topological polar surface area (TPSA) is 135 Å². The van der Waals surface area contributed by atoms with Crippen molar-refractivity contribution >= 4 is 29.7 Å². The van der Waals surface area contributed by atoms with Gasteiger partial charge in [-0.15, -0.1) is 0 Å². The standard InChI is InChI=1S/C31H38O10/c1-15(32)39-21-13-30(5)20(11-24(35)41-27(30)17-8-9-38-14-17)18-10-19-26(36)31(6,25(18)21)22(12-23(34)37-7)29(3,4)28(19)40-16(2)33/h8-10,14,19-22,25,27-28H,11-13H2,1-7H3/t19-,20+,21-,22+,25-,27+,28-,30-,31+/m1/s1. The molecular weight excluding hydrogens is 532 g/mol. The van der Waals surface area contributed by atoms with Crippen LogP contribution in [-0.2, 0) is 42.9 Å². The molecule has 0 amide bonds. The molecule has 0 N–H and O–H groups in total. The maximum Gasteiger partial charge on any atom is 0.307 e. The molecule has 4 aliphatic rings. The highest BCUT2D eigenvalue weighted by atomic mass is 16.6.